The number of benzene rings is 4. The van der Waals surface area contributed by atoms with Gasteiger partial charge in [-0.2, -0.15) is 8.42 Å². The van der Waals surface area contributed by atoms with Gasteiger partial charge in [-0.1, -0.05) is 60.1 Å². The third-order valence-corrected chi connectivity index (χ3v) is 7.45. The van der Waals surface area contributed by atoms with Gasteiger partial charge in [-0.25, -0.2) is 4.79 Å². The third kappa shape index (κ3) is 4.63. The number of para-hydroxylation sites is 1. The van der Waals surface area contributed by atoms with Crippen molar-refractivity contribution in [3.05, 3.63) is 124 Å². The number of carbonyl (C=O) groups excluding carboxylic acids is 1. The van der Waals surface area contributed by atoms with E-state index in [-0.39, 0.29) is 17.3 Å². The number of rotatable bonds is 5. The second-order valence-corrected chi connectivity index (χ2v) is 10.3. The van der Waals surface area contributed by atoms with Gasteiger partial charge in [0.05, 0.1) is 12.1 Å². The number of nitrogens with zero attached hydrogens (tertiary/aromatic N) is 2. The van der Waals surface area contributed by atoms with Crippen LogP contribution in [0.4, 0.5) is 5.69 Å². The predicted molar refractivity (Wildman–Crippen MR) is 140 cm³/mol. The fourth-order valence-corrected chi connectivity index (χ4v) is 5.39. The third-order valence-electron chi connectivity index (χ3n) is 5.88. The summed E-state index contributed by atoms with van der Waals surface area (Å²) in [7, 11) is -3.84. The molecule has 0 aromatic heterocycles. The zero-order chi connectivity index (χ0) is 25.3. The minimum absolute atomic E-state index is 0.151. The molecule has 1 aliphatic rings. The first-order chi connectivity index (χ1) is 17.3. The highest BCUT2D eigenvalue weighted by Crippen LogP contribution is 2.33. The van der Waals surface area contributed by atoms with Gasteiger partial charge in [0, 0.05) is 21.8 Å². The number of anilines is 1. The maximum atomic E-state index is 12.9. The molecule has 0 spiro atoms. The van der Waals surface area contributed by atoms with E-state index in [4.69, 9.17) is 16.3 Å². The average Bonchev–Trinajstić information content (AvgIpc) is 3.15. The molecule has 0 radical (unpaired) electrons. The molecular formula is C28H21ClN2O4S. The molecular weight excluding hydrogens is 496 g/mol. The Morgan fingerprint density at radius 1 is 0.889 bits per heavy atom. The molecule has 4 aromatic carbocycles. The molecule has 0 bridgehead atoms. The summed E-state index contributed by atoms with van der Waals surface area (Å²) in [5, 5.41) is 0.549. The van der Waals surface area contributed by atoms with Crippen molar-refractivity contribution in [2.75, 3.05) is 4.90 Å². The van der Waals surface area contributed by atoms with E-state index in [1.54, 1.807) is 77.7 Å². The highest BCUT2D eigenvalue weighted by molar-refractivity contribution is 7.90. The van der Waals surface area contributed by atoms with Crippen LogP contribution in [0, 0.1) is 6.92 Å². The molecule has 36 heavy (non-hydrogen) atoms. The van der Waals surface area contributed by atoms with E-state index in [1.807, 2.05) is 31.2 Å². The van der Waals surface area contributed by atoms with E-state index in [2.05, 4.69) is 4.40 Å². The number of halogens is 1. The Bertz CT molecular complexity index is 1600. The van der Waals surface area contributed by atoms with E-state index in [1.165, 1.54) is 0 Å². The topological polar surface area (TPSA) is 76.0 Å². The van der Waals surface area contributed by atoms with Gasteiger partial charge in [0.15, 0.2) is 5.84 Å². The number of hydrogen-bond acceptors (Lipinski definition) is 5. The van der Waals surface area contributed by atoms with E-state index in [9.17, 15) is 13.2 Å². The fourth-order valence-electron chi connectivity index (χ4n) is 4.05. The summed E-state index contributed by atoms with van der Waals surface area (Å²) in [6.45, 7) is 2.04. The molecule has 0 saturated heterocycles. The van der Waals surface area contributed by atoms with Crippen LogP contribution in [-0.4, -0.2) is 20.2 Å². The van der Waals surface area contributed by atoms with Crippen LogP contribution >= 0.6 is 11.6 Å². The minimum Gasteiger partial charge on any atom is -0.423 e. The molecule has 5 rings (SSSR count). The second-order valence-electron chi connectivity index (χ2n) is 8.26. The van der Waals surface area contributed by atoms with Crippen LogP contribution in [0.3, 0.4) is 0 Å². The van der Waals surface area contributed by atoms with Crippen LogP contribution in [0.25, 0.3) is 0 Å². The summed E-state index contributed by atoms with van der Waals surface area (Å²) in [5.74, 6) is 0.192. The number of aryl methyl sites for hydroxylation is 1. The number of hydrogen-bond donors (Lipinski definition) is 0. The largest absolute Gasteiger partial charge is 0.423 e. The maximum Gasteiger partial charge on any atom is 0.343 e. The van der Waals surface area contributed by atoms with Crippen LogP contribution in [0.5, 0.6) is 5.75 Å². The summed E-state index contributed by atoms with van der Waals surface area (Å²) in [4.78, 5) is 14.9. The van der Waals surface area contributed by atoms with Crippen molar-refractivity contribution in [3.63, 3.8) is 0 Å². The lowest BCUT2D eigenvalue weighted by atomic mass is 10.1. The summed E-state index contributed by atoms with van der Waals surface area (Å²) in [5.41, 5.74) is 3.15. The van der Waals surface area contributed by atoms with Crippen molar-refractivity contribution < 1.29 is 17.9 Å². The van der Waals surface area contributed by atoms with Crippen molar-refractivity contribution in [2.45, 2.75) is 18.4 Å². The van der Waals surface area contributed by atoms with E-state index in [0.717, 1.165) is 5.56 Å². The first kappa shape index (κ1) is 23.8. The highest BCUT2D eigenvalue weighted by Gasteiger charge is 2.32. The van der Waals surface area contributed by atoms with Gasteiger partial charge in [0.25, 0.3) is 10.0 Å². The highest BCUT2D eigenvalue weighted by atomic mass is 35.5. The zero-order valence-corrected chi connectivity index (χ0v) is 20.8. The number of esters is 1. The smallest absolute Gasteiger partial charge is 0.343 e. The van der Waals surface area contributed by atoms with Crippen molar-refractivity contribution in [2.24, 2.45) is 4.40 Å². The van der Waals surface area contributed by atoms with Gasteiger partial charge in [-0.05, 0) is 61.0 Å². The van der Waals surface area contributed by atoms with Crippen LogP contribution < -0.4 is 9.64 Å². The zero-order valence-electron chi connectivity index (χ0n) is 19.3. The normalized spacial score (nSPS) is 13.6. The summed E-state index contributed by atoms with van der Waals surface area (Å²) in [6, 6.07) is 28.1. The van der Waals surface area contributed by atoms with Gasteiger partial charge in [0.2, 0.25) is 0 Å². The van der Waals surface area contributed by atoms with Gasteiger partial charge >= 0.3 is 5.97 Å². The molecule has 1 aliphatic heterocycles. The first-order valence-corrected chi connectivity index (χ1v) is 13.0. The van der Waals surface area contributed by atoms with Gasteiger partial charge < -0.3 is 9.64 Å². The van der Waals surface area contributed by atoms with Crippen LogP contribution in [-0.2, 0) is 16.6 Å². The Hall–Kier alpha value is -3.94. The van der Waals surface area contributed by atoms with Crippen molar-refractivity contribution in [1.29, 1.82) is 0 Å². The quantitative estimate of drug-likeness (QED) is 0.239. The lowest BCUT2D eigenvalue weighted by Crippen LogP contribution is -2.30. The molecule has 8 heteroatoms. The number of ether oxygens (including phenoxy) is 1. The molecule has 0 atom stereocenters. The lowest BCUT2D eigenvalue weighted by Gasteiger charge is -2.26. The predicted octanol–water partition coefficient (Wildman–Crippen LogP) is 6.02. The summed E-state index contributed by atoms with van der Waals surface area (Å²) in [6.07, 6.45) is 0. The summed E-state index contributed by atoms with van der Waals surface area (Å²) < 4.78 is 35.5. The average molecular weight is 517 g/mol. The number of carbonyl (C=O) groups is 1. The van der Waals surface area contributed by atoms with Crippen molar-refractivity contribution >= 4 is 39.1 Å². The SMILES string of the molecule is Cc1ccccc1C(=O)Oc1ccccc1CN(C1=NS(=O)(=O)c2ccccc21)c1ccc(Cl)cc1. The van der Waals surface area contributed by atoms with Gasteiger partial charge in [-0.3, -0.25) is 0 Å². The monoisotopic (exact) mass is 516 g/mol. The van der Waals surface area contributed by atoms with Crippen LogP contribution in [0.15, 0.2) is 106 Å². The van der Waals surface area contributed by atoms with Crippen molar-refractivity contribution in [1.82, 2.24) is 0 Å². The minimum atomic E-state index is -3.84. The molecule has 4 aromatic rings. The van der Waals surface area contributed by atoms with Crippen LogP contribution in [0.2, 0.25) is 5.02 Å². The number of fused-ring (bicyclic) bond motifs is 1. The molecule has 0 fully saturated rings. The van der Waals surface area contributed by atoms with Gasteiger partial charge in [-0.15, -0.1) is 4.40 Å². The lowest BCUT2D eigenvalue weighted by molar-refractivity contribution is 0.0732. The molecule has 0 N–H and O–H groups in total. The van der Waals surface area contributed by atoms with Crippen LogP contribution in [0.1, 0.15) is 27.0 Å². The Labute approximate surface area is 214 Å². The first-order valence-electron chi connectivity index (χ1n) is 11.2. The number of amidine groups is 1. The molecule has 1 heterocycles. The van der Waals surface area contributed by atoms with E-state index in [0.29, 0.717) is 33.1 Å². The molecule has 0 amide bonds. The fraction of sp³-hybridized carbons (Fsp3) is 0.0714. The summed E-state index contributed by atoms with van der Waals surface area (Å²) >= 11 is 6.11. The molecule has 6 nitrogen and oxygen atoms in total. The molecule has 0 unspecified atom stereocenters. The van der Waals surface area contributed by atoms with E-state index >= 15 is 0 Å². The Kier molecular flexibility index (Phi) is 6.35. The standard InChI is InChI=1S/C28H21ClN2O4S/c1-19-8-2-4-10-23(19)28(32)35-25-12-6-3-9-20(25)18-31(22-16-14-21(29)15-17-22)27-24-11-5-7-13-26(24)36(33,34)30-27/h2-17H,18H2,1H3. The van der Waals surface area contributed by atoms with E-state index < -0.39 is 16.0 Å². The van der Waals surface area contributed by atoms with Crippen molar-refractivity contribution in [3.8, 4) is 5.75 Å². The second kappa shape index (κ2) is 9.60. The maximum absolute atomic E-state index is 12.9. The number of sulfonamides is 1. The Balaban J connectivity index is 1.56. The molecule has 0 saturated carbocycles. The molecule has 0 aliphatic carbocycles. The Morgan fingerprint density at radius 2 is 1.56 bits per heavy atom. The Morgan fingerprint density at radius 3 is 2.33 bits per heavy atom. The molecule has 180 valence electrons. The van der Waals surface area contributed by atoms with Gasteiger partial charge in [0.1, 0.15) is 10.6 Å².